The standard InChI is InChI=1S/C14H9Br2ClO2S/c15-12-6-10(14(16)20-12)11(18)5-8-4-9(17)3-7-1-2-19-13(7)8/h3-4,6H,1-2,5H2. The molecular formula is C14H9Br2ClO2S. The lowest BCUT2D eigenvalue weighted by Gasteiger charge is -2.08. The van der Waals surface area contributed by atoms with Crippen LogP contribution in [0.5, 0.6) is 5.75 Å². The van der Waals surface area contributed by atoms with Crippen molar-refractivity contribution in [1.29, 1.82) is 0 Å². The minimum Gasteiger partial charge on any atom is -0.493 e. The predicted octanol–water partition coefficient (Wildman–Crippen LogP) is 5.29. The van der Waals surface area contributed by atoms with Crippen LogP contribution >= 0.6 is 54.8 Å². The average molecular weight is 437 g/mol. The molecule has 2 heterocycles. The number of benzene rings is 1. The second kappa shape index (κ2) is 5.79. The van der Waals surface area contributed by atoms with Crippen molar-refractivity contribution >= 4 is 60.6 Å². The minimum absolute atomic E-state index is 0.0544. The lowest BCUT2D eigenvalue weighted by Crippen LogP contribution is -2.04. The predicted molar refractivity (Wildman–Crippen MR) is 88.4 cm³/mol. The van der Waals surface area contributed by atoms with Crippen LogP contribution in [0, 0.1) is 0 Å². The molecule has 0 fully saturated rings. The average Bonchev–Trinajstić information content (AvgIpc) is 2.95. The first-order valence-electron chi connectivity index (χ1n) is 5.96. The van der Waals surface area contributed by atoms with Gasteiger partial charge in [0.2, 0.25) is 0 Å². The molecule has 1 aliphatic heterocycles. The quantitative estimate of drug-likeness (QED) is 0.612. The third-order valence-corrected chi connectivity index (χ3v) is 5.69. The smallest absolute Gasteiger partial charge is 0.169 e. The van der Waals surface area contributed by atoms with Gasteiger partial charge >= 0.3 is 0 Å². The maximum Gasteiger partial charge on any atom is 0.169 e. The Kier molecular flexibility index (Phi) is 4.22. The van der Waals surface area contributed by atoms with E-state index in [1.165, 1.54) is 11.3 Å². The van der Waals surface area contributed by atoms with Crippen molar-refractivity contribution in [2.24, 2.45) is 0 Å². The number of halogens is 3. The van der Waals surface area contributed by atoms with Gasteiger partial charge in [-0.3, -0.25) is 4.79 Å². The maximum absolute atomic E-state index is 12.4. The van der Waals surface area contributed by atoms with Gasteiger partial charge in [0.25, 0.3) is 0 Å². The van der Waals surface area contributed by atoms with E-state index in [9.17, 15) is 4.79 Å². The van der Waals surface area contributed by atoms with Gasteiger partial charge in [-0.15, -0.1) is 11.3 Å². The topological polar surface area (TPSA) is 26.3 Å². The molecule has 1 aliphatic rings. The van der Waals surface area contributed by atoms with E-state index in [0.717, 1.165) is 30.9 Å². The molecule has 104 valence electrons. The van der Waals surface area contributed by atoms with Crippen molar-refractivity contribution in [3.05, 3.63) is 47.5 Å². The molecule has 0 atom stereocenters. The molecule has 2 aromatic rings. The first-order chi connectivity index (χ1) is 9.54. The zero-order chi connectivity index (χ0) is 14.3. The highest BCUT2D eigenvalue weighted by Crippen LogP contribution is 2.36. The van der Waals surface area contributed by atoms with E-state index in [1.807, 2.05) is 18.2 Å². The Morgan fingerprint density at radius 1 is 1.35 bits per heavy atom. The Balaban J connectivity index is 1.92. The van der Waals surface area contributed by atoms with Crippen LogP contribution in [0.25, 0.3) is 0 Å². The van der Waals surface area contributed by atoms with Crippen LogP contribution in [-0.4, -0.2) is 12.4 Å². The van der Waals surface area contributed by atoms with Crippen LogP contribution in [0.4, 0.5) is 0 Å². The van der Waals surface area contributed by atoms with Crippen LogP contribution in [0.3, 0.4) is 0 Å². The van der Waals surface area contributed by atoms with Crippen molar-refractivity contribution in [1.82, 2.24) is 0 Å². The highest BCUT2D eigenvalue weighted by Gasteiger charge is 2.21. The van der Waals surface area contributed by atoms with Crippen molar-refractivity contribution in [3.63, 3.8) is 0 Å². The highest BCUT2D eigenvalue weighted by molar-refractivity contribution is 9.12. The zero-order valence-corrected chi connectivity index (χ0v) is 15.0. The molecule has 0 aliphatic carbocycles. The molecule has 0 amide bonds. The fraction of sp³-hybridized carbons (Fsp3) is 0.214. The van der Waals surface area contributed by atoms with Gasteiger partial charge in [0, 0.05) is 29.0 Å². The summed E-state index contributed by atoms with van der Waals surface area (Å²) in [5.74, 6) is 0.881. The number of rotatable bonds is 3. The van der Waals surface area contributed by atoms with E-state index < -0.39 is 0 Å². The van der Waals surface area contributed by atoms with Gasteiger partial charge in [-0.2, -0.15) is 0 Å². The van der Waals surface area contributed by atoms with Crippen LogP contribution in [0.2, 0.25) is 5.02 Å². The van der Waals surface area contributed by atoms with Crippen LogP contribution in [0.15, 0.2) is 25.8 Å². The molecule has 2 nitrogen and oxygen atoms in total. The van der Waals surface area contributed by atoms with E-state index in [1.54, 1.807) is 0 Å². The Morgan fingerprint density at radius 2 is 2.15 bits per heavy atom. The molecule has 6 heteroatoms. The lowest BCUT2D eigenvalue weighted by atomic mass is 10.0. The molecule has 1 aromatic heterocycles. The molecule has 0 N–H and O–H groups in total. The Bertz CT molecular complexity index is 697. The molecule has 0 spiro atoms. The Labute approximate surface area is 142 Å². The second-order valence-electron chi connectivity index (χ2n) is 4.49. The number of Topliss-reactive ketones (excluding diaryl/α,β-unsaturated/α-hetero) is 1. The third kappa shape index (κ3) is 2.82. The van der Waals surface area contributed by atoms with Crippen LogP contribution < -0.4 is 4.74 Å². The van der Waals surface area contributed by atoms with E-state index in [-0.39, 0.29) is 5.78 Å². The number of thiophene rings is 1. The minimum atomic E-state index is 0.0544. The fourth-order valence-corrected chi connectivity index (χ4v) is 5.39. The monoisotopic (exact) mass is 434 g/mol. The Hall–Kier alpha value is -0.360. The van der Waals surface area contributed by atoms with Gasteiger partial charge in [0.05, 0.1) is 14.2 Å². The third-order valence-electron chi connectivity index (χ3n) is 3.13. The SMILES string of the molecule is O=C(Cc1cc(Cl)cc2c1OCC2)c1cc(Br)sc1Br. The molecule has 3 rings (SSSR count). The summed E-state index contributed by atoms with van der Waals surface area (Å²) in [4.78, 5) is 12.4. The first kappa shape index (κ1) is 14.6. The largest absolute Gasteiger partial charge is 0.493 e. The fourth-order valence-electron chi connectivity index (χ4n) is 2.28. The number of hydrogen-bond acceptors (Lipinski definition) is 3. The molecule has 0 saturated carbocycles. The number of ketones is 1. The van der Waals surface area contributed by atoms with Crippen molar-refractivity contribution in [3.8, 4) is 5.75 Å². The molecule has 20 heavy (non-hydrogen) atoms. The van der Waals surface area contributed by atoms with Crippen LogP contribution in [0.1, 0.15) is 21.5 Å². The van der Waals surface area contributed by atoms with E-state index >= 15 is 0 Å². The van der Waals surface area contributed by atoms with Gasteiger partial charge in [-0.1, -0.05) is 11.6 Å². The number of carbonyl (C=O) groups is 1. The molecule has 0 unspecified atom stereocenters. The molecule has 0 radical (unpaired) electrons. The lowest BCUT2D eigenvalue weighted by molar-refractivity contribution is 0.0992. The molecule has 1 aromatic carbocycles. The number of fused-ring (bicyclic) bond motifs is 1. The maximum atomic E-state index is 12.4. The summed E-state index contributed by atoms with van der Waals surface area (Å²) in [5, 5.41) is 0.655. The first-order valence-corrected chi connectivity index (χ1v) is 8.75. The number of ether oxygens (including phenoxy) is 1. The molecule has 0 saturated heterocycles. The van der Waals surface area contributed by atoms with Crippen molar-refractivity contribution < 1.29 is 9.53 Å². The summed E-state index contributed by atoms with van der Waals surface area (Å²) in [5.41, 5.74) is 2.64. The molecular weight excluding hydrogens is 427 g/mol. The summed E-state index contributed by atoms with van der Waals surface area (Å²) in [6.07, 6.45) is 1.15. The summed E-state index contributed by atoms with van der Waals surface area (Å²) in [6.45, 7) is 0.657. The summed E-state index contributed by atoms with van der Waals surface area (Å²) >= 11 is 14.4. The Morgan fingerprint density at radius 3 is 2.85 bits per heavy atom. The van der Waals surface area contributed by atoms with Crippen molar-refractivity contribution in [2.45, 2.75) is 12.8 Å². The van der Waals surface area contributed by atoms with E-state index in [2.05, 4.69) is 31.9 Å². The van der Waals surface area contributed by atoms with Gasteiger partial charge < -0.3 is 4.74 Å². The highest BCUT2D eigenvalue weighted by atomic mass is 79.9. The number of carbonyl (C=O) groups excluding carboxylic acids is 1. The van der Waals surface area contributed by atoms with Gasteiger partial charge in [0.15, 0.2) is 5.78 Å². The van der Waals surface area contributed by atoms with Gasteiger partial charge in [-0.05, 0) is 55.6 Å². The summed E-state index contributed by atoms with van der Waals surface area (Å²) in [6, 6.07) is 5.57. The number of hydrogen-bond donors (Lipinski definition) is 0. The second-order valence-corrected chi connectivity index (χ2v) is 8.68. The zero-order valence-electron chi connectivity index (χ0n) is 10.2. The summed E-state index contributed by atoms with van der Waals surface area (Å²) < 4.78 is 7.40. The molecule has 0 bridgehead atoms. The van der Waals surface area contributed by atoms with Gasteiger partial charge in [-0.25, -0.2) is 0 Å². The van der Waals surface area contributed by atoms with E-state index in [4.69, 9.17) is 16.3 Å². The normalized spacial score (nSPS) is 13.2. The summed E-state index contributed by atoms with van der Waals surface area (Å²) in [7, 11) is 0. The van der Waals surface area contributed by atoms with Crippen molar-refractivity contribution in [2.75, 3.05) is 6.61 Å². The van der Waals surface area contributed by atoms with Gasteiger partial charge in [0.1, 0.15) is 5.75 Å². The van der Waals surface area contributed by atoms with E-state index in [0.29, 0.717) is 23.6 Å². The van der Waals surface area contributed by atoms with Crippen LogP contribution in [-0.2, 0) is 12.8 Å².